The molecular formula is C19H22ClFN4O2S. The predicted molar refractivity (Wildman–Crippen MR) is 109 cm³/mol. The van der Waals surface area contributed by atoms with Crippen LogP contribution >= 0.6 is 23.4 Å². The van der Waals surface area contributed by atoms with Gasteiger partial charge in [-0.25, -0.2) is 14.4 Å². The van der Waals surface area contributed by atoms with E-state index in [4.69, 9.17) is 11.6 Å². The molecular weight excluding hydrogens is 403 g/mol. The van der Waals surface area contributed by atoms with Crippen molar-refractivity contribution >= 4 is 40.9 Å². The summed E-state index contributed by atoms with van der Waals surface area (Å²) in [6.07, 6.45) is 1.79. The minimum absolute atomic E-state index is 0.0240. The summed E-state index contributed by atoms with van der Waals surface area (Å²) in [6.45, 7) is 5.83. The Labute approximate surface area is 172 Å². The Kier molecular flexibility index (Phi) is 8.19. The van der Waals surface area contributed by atoms with Crippen molar-refractivity contribution in [2.75, 3.05) is 11.1 Å². The van der Waals surface area contributed by atoms with Crippen LogP contribution in [0.4, 0.5) is 10.1 Å². The first-order chi connectivity index (χ1) is 13.3. The topological polar surface area (TPSA) is 84.0 Å². The second-order valence-electron chi connectivity index (χ2n) is 6.43. The molecule has 1 heterocycles. The Balaban J connectivity index is 2.16. The summed E-state index contributed by atoms with van der Waals surface area (Å²) in [7, 11) is 0. The second kappa shape index (κ2) is 10.4. The number of thioether (sulfide) groups is 1. The molecule has 0 aliphatic heterocycles. The van der Waals surface area contributed by atoms with Crippen LogP contribution in [0.15, 0.2) is 35.6 Å². The third-order valence-corrected chi connectivity index (χ3v) is 4.67. The molecule has 150 valence electrons. The zero-order chi connectivity index (χ0) is 20.7. The first kappa shape index (κ1) is 22.1. The van der Waals surface area contributed by atoms with E-state index < -0.39 is 23.7 Å². The van der Waals surface area contributed by atoms with Gasteiger partial charge in [-0.15, -0.1) is 0 Å². The van der Waals surface area contributed by atoms with Crippen LogP contribution in [0.5, 0.6) is 0 Å². The number of halogens is 2. The lowest BCUT2D eigenvalue weighted by molar-refractivity contribution is -0.118. The van der Waals surface area contributed by atoms with Crippen molar-refractivity contribution in [1.29, 1.82) is 0 Å². The SMILES string of the molecule is CCSc1ncc(Cl)c(C(=O)NC(CC(C)C)C(=O)Nc2ccc(F)cc2)n1. The van der Waals surface area contributed by atoms with Crippen molar-refractivity contribution in [3.63, 3.8) is 0 Å². The van der Waals surface area contributed by atoms with Crippen LogP contribution in [0, 0.1) is 11.7 Å². The predicted octanol–water partition coefficient (Wildman–Crippen LogP) is 4.16. The van der Waals surface area contributed by atoms with E-state index in [2.05, 4.69) is 20.6 Å². The first-order valence-corrected chi connectivity index (χ1v) is 10.2. The number of nitrogens with one attached hydrogen (secondary N) is 2. The Morgan fingerprint density at radius 3 is 2.54 bits per heavy atom. The summed E-state index contributed by atoms with van der Waals surface area (Å²) in [6, 6.07) is 4.61. The molecule has 2 N–H and O–H groups in total. The lowest BCUT2D eigenvalue weighted by atomic mass is 10.0. The molecule has 0 fully saturated rings. The van der Waals surface area contributed by atoms with Crippen LogP contribution in [0.3, 0.4) is 0 Å². The summed E-state index contributed by atoms with van der Waals surface area (Å²) in [5, 5.41) is 5.93. The first-order valence-electron chi connectivity index (χ1n) is 8.82. The van der Waals surface area contributed by atoms with Crippen LogP contribution in [0.25, 0.3) is 0 Å². The van der Waals surface area contributed by atoms with Crippen LogP contribution < -0.4 is 10.6 Å². The fraction of sp³-hybridized carbons (Fsp3) is 0.368. The van der Waals surface area contributed by atoms with Gasteiger partial charge in [0.25, 0.3) is 5.91 Å². The van der Waals surface area contributed by atoms with E-state index in [1.54, 1.807) is 0 Å². The minimum atomic E-state index is -0.800. The van der Waals surface area contributed by atoms with E-state index in [0.717, 1.165) is 5.75 Å². The standard InChI is InChI=1S/C19H22ClFN4O2S/c1-4-28-19-22-10-14(20)16(25-19)18(27)24-15(9-11(2)3)17(26)23-13-7-5-12(21)6-8-13/h5-8,10-11,15H,4,9H2,1-3H3,(H,23,26)(H,24,27). The van der Waals surface area contributed by atoms with E-state index in [1.165, 1.54) is 42.2 Å². The van der Waals surface area contributed by atoms with Crippen molar-refractivity contribution in [3.8, 4) is 0 Å². The number of anilines is 1. The maximum Gasteiger partial charge on any atom is 0.272 e. The molecule has 0 aliphatic carbocycles. The molecule has 9 heteroatoms. The van der Waals surface area contributed by atoms with Crippen molar-refractivity contribution in [3.05, 3.63) is 47.0 Å². The molecule has 28 heavy (non-hydrogen) atoms. The Morgan fingerprint density at radius 1 is 1.25 bits per heavy atom. The average Bonchev–Trinajstić information content (AvgIpc) is 2.64. The van der Waals surface area contributed by atoms with Gasteiger partial charge in [0.05, 0.1) is 11.2 Å². The van der Waals surface area contributed by atoms with Gasteiger partial charge in [-0.05, 0) is 42.4 Å². The monoisotopic (exact) mass is 424 g/mol. The summed E-state index contributed by atoms with van der Waals surface area (Å²) in [4.78, 5) is 33.6. The molecule has 1 unspecified atom stereocenters. The smallest absolute Gasteiger partial charge is 0.272 e. The van der Waals surface area contributed by atoms with E-state index in [1.807, 2.05) is 20.8 Å². The molecule has 6 nitrogen and oxygen atoms in total. The van der Waals surface area contributed by atoms with Crippen LogP contribution in [-0.2, 0) is 4.79 Å². The van der Waals surface area contributed by atoms with Gasteiger partial charge in [0.15, 0.2) is 10.9 Å². The molecule has 1 aromatic carbocycles. The van der Waals surface area contributed by atoms with Crippen molar-refractivity contribution in [2.45, 2.75) is 38.4 Å². The molecule has 2 rings (SSSR count). The van der Waals surface area contributed by atoms with Gasteiger partial charge >= 0.3 is 0 Å². The van der Waals surface area contributed by atoms with Gasteiger partial charge < -0.3 is 10.6 Å². The highest BCUT2D eigenvalue weighted by Crippen LogP contribution is 2.19. The fourth-order valence-corrected chi connectivity index (χ4v) is 3.12. The molecule has 0 aliphatic rings. The van der Waals surface area contributed by atoms with Gasteiger partial charge in [0, 0.05) is 5.69 Å². The van der Waals surface area contributed by atoms with Gasteiger partial charge in [0.2, 0.25) is 5.91 Å². The molecule has 0 spiro atoms. The van der Waals surface area contributed by atoms with Crippen molar-refractivity contribution in [2.24, 2.45) is 5.92 Å². The lowest BCUT2D eigenvalue weighted by Crippen LogP contribution is -2.45. The molecule has 0 saturated heterocycles. The number of rotatable bonds is 8. The van der Waals surface area contributed by atoms with Gasteiger partial charge in [0.1, 0.15) is 11.9 Å². The highest BCUT2D eigenvalue weighted by molar-refractivity contribution is 7.99. The average molecular weight is 425 g/mol. The minimum Gasteiger partial charge on any atom is -0.339 e. The van der Waals surface area contributed by atoms with Gasteiger partial charge in [-0.3, -0.25) is 9.59 Å². The van der Waals surface area contributed by atoms with Crippen molar-refractivity contribution in [1.82, 2.24) is 15.3 Å². The molecule has 2 amide bonds. The number of carbonyl (C=O) groups is 2. The van der Waals surface area contributed by atoms with Crippen LogP contribution in [-0.4, -0.2) is 33.6 Å². The molecule has 0 bridgehead atoms. The number of amides is 2. The summed E-state index contributed by atoms with van der Waals surface area (Å²) >= 11 is 7.46. The fourth-order valence-electron chi connectivity index (χ4n) is 2.40. The molecule has 1 atom stereocenters. The number of benzene rings is 1. The summed E-state index contributed by atoms with van der Waals surface area (Å²) < 4.78 is 13.0. The van der Waals surface area contributed by atoms with E-state index >= 15 is 0 Å². The zero-order valence-corrected chi connectivity index (χ0v) is 17.4. The van der Waals surface area contributed by atoms with Crippen LogP contribution in [0.1, 0.15) is 37.7 Å². The van der Waals surface area contributed by atoms with E-state index in [9.17, 15) is 14.0 Å². The number of carbonyl (C=O) groups excluding carboxylic acids is 2. The number of aromatic nitrogens is 2. The molecule has 0 saturated carbocycles. The molecule has 0 radical (unpaired) electrons. The maximum absolute atomic E-state index is 13.0. The van der Waals surface area contributed by atoms with E-state index in [-0.39, 0.29) is 16.6 Å². The van der Waals surface area contributed by atoms with Crippen LogP contribution in [0.2, 0.25) is 5.02 Å². The largest absolute Gasteiger partial charge is 0.339 e. The van der Waals surface area contributed by atoms with E-state index in [0.29, 0.717) is 17.3 Å². The zero-order valence-electron chi connectivity index (χ0n) is 15.8. The van der Waals surface area contributed by atoms with Gasteiger partial charge in [-0.1, -0.05) is 44.1 Å². The highest BCUT2D eigenvalue weighted by Gasteiger charge is 2.25. The Bertz CT molecular complexity index is 833. The molecule has 1 aromatic heterocycles. The number of hydrogen-bond acceptors (Lipinski definition) is 5. The normalized spacial score (nSPS) is 11.9. The maximum atomic E-state index is 13.0. The number of hydrogen-bond donors (Lipinski definition) is 2. The number of nitrogens with zero attached hydrogens (tertiary/aromatic N) is 2. The van der Waals surface area contributed by atoms with Gasteiger partial charge in [-0.2, -0.15) is 0 Å². The van der Waals surface area contributed by atoms with Crippen molar-refractivity contribution < 1.29 is 14.0 Å². The second-order valence-corrected chi connectivity index (χ2v) is 8.07. The lowest BCUT2D eigenvalue weighted by Gasteiger charge is -2.20. The third-order valence-electron chi connectivity index (χ3n) is 3.65. The quantitative estimate of drug-likeness (QED) is 0.491. The highest BCUT2D eigenvalue weighted by atomic mass is 35.5. The molecule has 2 aromatic rings. The third kappa shape index (κ3) is 6.45. The summed E-state index contributed by atoms with van der Waals surface area (Å²) in [5.74, 6) is -0.452. The summed E-state index contributed by atoms with van der Waals surface area (Å²) in [5.41, 5.74) is 0.465. The Morgan fingerprint density at radius 2 is 1.93 bits per heavy atom. The Hall–Kier alpha value is -2.19.